The Kier molecular flexibility index (Phi) is 3.64. The summed E-state index contributed by atoms with van der Waals surface area (Å²) in [7, 11) is 0. The standard InChI is InChI=1S/C12H11BrClN3/c1-7-8(2)16-12(11(13)15-7)17-10-5-3-9(14)4-6-10/h3-6H,1-2H3,(H,16,17). The summed E-state index contributed by atoms with van der Waals surface area (Å²) in [5, 5.41) is 3.90. The van der Waals surface area contributed by atoms with E-state index >= 15 is 0 Å². The van der Waals surface area contributed by atoms with Crippen LogP contribution in [-0.2, 0) is 0 Å². The number of halogens is 2. The number of hydrogen-bond acceptors (Lipinski definition) is 3. The molecule has 1 N–H and O–H groups in total. The molecule has 0 aliphatic heterocycles. The van der Waals surface area contributed by atoms with Crippen molar-refractivity contribution in [2.45, 2.75) is 13.8 Å². The molecule has 0 amide bonds. The van der Waals surface area contributed by atoms with Crippen LogP contribution in [0.15, 0.2) is 28.9 Å². The van der Waals surface area contributed by atoms with Crippen LogP contribution >= 0.6 is 27.5 Å². The smallest absolute Gasteiger partial charge is 0.163 e. The minimum atomic E-state index is 0.704. The Morgan fingerprint density at radius 2 is 1.65 bits per heavy atom. The third kappa shape index (κ3) is 2.96. The average molecular weight is 313 g/mol. The molecule has 5 heteroatoms. The third-order valence-electron chi connectivity index (χ3n) is 2.37. The highest BCUT2D eigenvalue weighted by Crippen LogP contribution is 2.24. The summed E-state index contributed by atoms with van der Waals surface area (Å²) >= 11 is 9.22. The number of aromatic nitrogens is 2. The lowest BCUT2D eigenvalue weighted by molar-refractivity contribution is 1.03. The van der Waals surface area contributed by atoms with Crippen LogP contribution < -0.4 is 5.32 Å². The van der Waals surface area contributed by atoms with Crippen molar-refractivity contribution in [1.29, 1.82) is 0 Å². The van der Waals surface area contributed by atoms with Gasteiger partial charge in [0.1, 0.15) is 4.60 Å². The molecule has 1 aromatic carbocycles. The largest absolute Gasteiger partial charge is 0.338 e. The van der Waals surface area contributed by atoms with Crippen molar-refractivity contribution in [3.05, 3.63) is 45.3 Å². The lowest BCUT2D eigenvalue weighted by atomic mass is 10.3. The first-order chi connectivity index (χ1) is 8.06. The van der Waals surface area contributed by atoms with E-state index in [1.165, 1.54) is 0 Å². The topological polar surface area (TPSA) is 37.8 Å². The second-order valence-electron chi connectivity index (χ2n) is 3.67. The summed E-state index contributed by atoms with van der Waals surface area (Å²) in [4.78, 5) is 8.79. The Labute approximate surface area is 113 Å². The van der Waals surface area contributed by atoms with Crippen molar-refractivity contribution in [3.63, 3.8) is 0 Å². The van der Waals surface area contributed by atoms with Crippen LogP contribution in [0.25, 0.3) is 0 Å². The van der Waals surface area contributed by atoms with E-state index < -0.39 is 0 Å². The molecule has 0 saturated carbocycles. The predicted molar refractivity (Wildman–Crippen MR) is 73.9 cm³/mol. The van der Waals surface area contributed by atoms with Crippen LogP contribution in [0.2, 0.25) is 5.02 Å². The van der Waals surface area contributed by atoms with Crippen LogP contribution in [-0.4, -0.2) is 9.97 Å². The fraction of sp³-hybridized carbons (Fsp3) is 0.167. The normalized spacial score (nSPS) is 10.4. The molecule has 0 fully saturated rings. The number of nitrogens with zero attached hydrogens (tertiary/aromatic N) is 2. The Morgan fingerprint density at radius 1 is 1.06 bits per heavy atom. The zero-order chi connectivity index (χ0) is 12.4. The summed E-state index contributed by atoms with van der Waals surface area (Å²) in [5.41, 5.74) is 2.75. The van der Waals surface area contributed by atoms with E-state index in [1.54, 1.807) is 0 Å². The molecule has 3 nitrogen and oxygen atoms in total. The SMILES string of the molecule is Cc1nc(Br)c(Nc2ccc(Cl)cc2)nc1C. The van der Waals surface area contributed by atoms with Gasteiger partial charge in [0, 0.05) is 10.7 Å². The highest BCUT2D eigenvalue weighted by Gasteiger charge is 2.06. The van der Waals surface area contributed by atoms with Gasteiger partial charge in [0.25, 0.3) is 0 Å². The van der Waals surface area contributed by atoms with E-state index in [0.717, 1.165) is 17.1 Å². The number of nitrogens with one attached hydrogen (secondary N) is 1. The molecule has 2 aromatic rings. The zero-order valence-corrected chi connectivity index (χ0v) is 11.8. The zero-order valence-electron chi connectivity index (χ0n) is 9.46. The van der Waals surface area contributed by atoms with Gasteiger partial charge in [-0.05, 0) is 54.0 Å². The van der Waals surface area contributed by atoms with Crippen molar-refractivity contribution in [1.82, 2.24) is 9.97 Å². The summed E-state index contributed by atoms with van der Waals surface area (Å²) in [6.45, 7) is 3.86. The molecule has 0 aliphatic rings. The summed E-state index contributed by atoms with van der Waals surface area (Å²) in [5.74, 6) is 0.704. The van der Waals surface area contributed by atoms with Gasteiger partial charge in [-0.1, -0.05) is 11.6 Å². The van der Waals surface area contributed by atoms with Gasteiger partial charge >= 0.3 is 0 Å². The van der Waals surface area contributed by atoms with E-state index in [1.807, 2.05) is 38.1 Å². The Hall–Kier alpha value is -1.13. The van der Waals surface area contributed by atoms with Gasteiger partial charge in [0.15, 0.2) is 5.82 Å². The van der Waals surface area contributed by atoms with Crippen molar-refractivity contribution >= 4 is 39.0 Å². The second-order valence-corrected chi connectivity index (χ2v) is 4.85. The maximum Gasteiger partial charge on any atom is 0.163 e. The van der Waals surface area contributed by atoms with Gasteiger partial charge < -0.3 is 5.32 Å². The third-order valence-corrected chi connectivity index (χ3v) is 3.18. The lowest BCUT2D eigenvalue weighted by Gasteiger charge is -2.09. The van der Waals surface area contributed by atoms with Gasteiger partial charge in [-0.25, -0.2) is 9.97 Å². The molecule has 0 unspecified atom stereocenters. The summed E-state index contributed by atoms with van der Waals surface area (Å²) in [6.07, 6.45) is 0. The molecular weight excluding hydrogens is 302 g/mol. The highest BCUT2D eigenvalue weighted by molar-refractivity contribution is 9.10. The molecule has 0 bridgehead atoms. The average Bonchev–Trinajstić information content (AvgIpc) is 2.29. The number of aryl methyl sites for hydroxylation is 2. The van der Waals surface area contributed by atoms with E-state index in [9.17, 15) is 0 Å². The number of rotatable bonds is 2. The first-order valence-electron chi connectivity index (χ1n) is 5.09. The van der Waals surface area contributed by atoms with E-state index in [-0.39, 0.29) is 0 Å². The van der Waals surface area contributed by atoms with Gasteiger partial charge in [0.2, 0.25) is 0 Å². The lowest BCUT2D eigenvalue weighted by Crippen LogP contribution is -2.00. The predicted octanol–water partition coefficient (Wildman–Crippen LogP) is 4.25. The van der Waals surface area contributed by atoms with Gasteiger partial charge in [-0.3, -0.25) is 0 Å². The number of anilines is 2. The van der Waals surface area contributed by atoms with Crippen LogP contribution in [0.1, 0.15) is 11.4 Å². The van der Waals surface area contributed by atoms with E-state index in [0.29, 0.717) is 15.4 Å². The molecule has 0 aliphatic carbocycles. The fourth-order valence-corrected chi connectivity index (χ4v) is 1.91. The minimum Gasteiger partial charge on any atom is -0.338 e. The molecule has 1 aromatic heterocycles. The van der Waals surface area contributed by atoms with Crippen molar-refractivity contribution in [2.75, 3.05) is 5.32 Å². The van der Waals surface area contributed by atoms with Crippen LogP contribution in [0.4, 0.5) is 11.5 Å². The summed E-state index contributed by atoms with van der Waals surface area (Å²) in [6, 6.07) is 7.44. The monoisotopic (exact) mass is 311 g/mol. The summed E-state index contributed by atoms with van der Waals surface area (Å²) < 4.78 is 0.704. The van der Waals surface area contributed by atoms with Crippen LogP contribution in [0.3, 0.4) is 0 Å². The maximum absolute atomic E-state index is 5.83. The molecule has 88 valence electrons. The van der Waals surface area contributed by atoms with Gasteiger partial charge in [-0.2, -0.15) is 0 Å². The first kappa shape index (κ1) is 12.3. The number of benzene rings is 1. The highest BCUT2D eigenvalue weighted by atomic mass is 79.9. The molecule has 2 rings (SSSR count). The molecule has 0 spiro atoms. The molecular formula is C12H11BrClN3. The first-order valence-corrected chi connectivity index (χ1v) is 6.26. The minimum absolute atomic E-state index is 0.704. The molecule has 1 heterocycles. The Balaban J connectivity index is 2.30. The maximum atomic E-state index is 5.83. The number of hydrogen-bond donors (Lipinski definition) is 1. The van der Waals surface area contributed by atoms with Crippen molar-refractivity contribution in [3.8, 4) is 0 Å². The molecule has 17 heavy (non-hydrogen) atoms. The van der Waals surface area contributed by atoms with Crippen molar-refractivity contribution < 1.29 is 0 Å². The fourth-order valence-electron chi connectivity index (χ4n) is 1.33. The van der Waals surface area contributed by atoms with Gasteiger partial charge in [-0.15, -0.1) is 0 Å². The Bertz CT molecular complexity index is 540. The molecule has 0 saturated heterocycles. The van der Waals surface area contributed by atoms with Crippen molar-refractivity contribution in [2.24, 2.45) is 0 Å². The second kappa shape index (κ2) is 5.02. The van der Waals surface area contributed by atoms with Crippen LogP contribution in [0, 0.1) is 13.8 Å². The Morgan fingerprint density at radius 3 is 2.29 bits per heavy atom. The van der Waals surface area contributed by atoms with Crippen LogP contribution in [0.5, 0.6) is 0 Å². The van der Waals surface area contributed by atoms with E-state index in [2.05, 4.69) is 31.2 Å². The van der Waals surface area contributed by atoms with E-state index in [4.69, 9.17) is 11.6 Å². The molecule has 0 radical (unpaired) electrons. The van der Waals surface area contributed by atoms with Gasteiger partial charge in [0.05, 0.1) is 11.4 Å². The molecule has 0 atom stereocenters. The quantitative estimate of drug-likeness (QED) is 0.900.